The fourth-order valence-corrected chi connectivity index (χ4v) is 2.00. The monoisotopic (exact) mass is 327 g/mol. The van der Waals surface area contributed by atoms with Crippen molar-refractivity contribution in [1.82, 2.24) is 15.2 Å². The zero-order valence-corrected chi connectivity index (χ0v) is 12.1. The number of nitrogens with one attached hydrogen (secondary N) is 2. The number of hydrogen-bond donors (Lipinski definition) is 2. The van der Waals surface area contributed by atoms with Crippen molar-refractivity contribution in [2.75, 3.05) is 17.7 Å². The Hall–Kier alpha value is -1.54. The maximum atomic E-state index is 11.9. The number of nitrogens with zero attached hydrogens (tertiary/aromatic N) is 3. The molecule has 0 aliphatic heterocycles. The Kier molecular flexibility index (Phi) is 3.87. The lowest BCUT2D eigenvalue weighted by Gasteiger charge is -2.03. The van der Waals surface area contributed by atoms with Crippen LogP contribution in [0.2, 0.25) is 0 Å². The molecule has 0 aliphatic carbocycles. The minimum absolute atomic E-state index is 0.293. The summed E-state index contributed by atoms with van der Waals surface area (Å²) in [5.41, 5.74) is 0.994. The van der Waals surface area contributed by atoms with Gasteiger partial charge in [-0.2, -0.15) is 0 Å². The van der Waals surface area contributed by atoms with Gasteiger partial charge in [0, 0.05) is 17.7 Å². The molecule has 0 atom stereocenters. The second kappa shape index (κ2) is 5.40. The van der Waals surface area contributed by atoms with Crippen LogP contribution in [0.4, 0.5) is 10.9 Å². The molecular weight excluding hydrogens is 318 g/mol. The van der Waals surface area contributed by atoms with Gasteiger partial charge in [-0.05, 0) is 34.5 Å². The molecule has 6 nitrogen and oxygen atoms in total. The first-order valence-corrected chi connectivity index (χ1v) is 6.66. The van der Waals surface area contributed by atoms with E-state index in [9.17, 15) is 4.79 Å². The fourth-order valence-electron chi connectivity index (χ4n) is 1.19. The molecular formula is C10H10BrN5OS. The summed E-state index contributed by atoms with van der Waals surface area (Å²) in [4.78, 5) is 16.0. The number of pyridine rings is 1. The van der Waals surface area contributed by atoms with E-state index in [1.54, 1.807) is 19.3 Å². The van der Waals surface area contributed by atoms with Crippen LogP contribution in [0, 0.1) is 6.92 Å². The van der Waals surface area contributed by atoms with Crippen molar-refractivity contribution >= 4 is 44.1 Å². The summed E-state index contributed by atoms with van der Waals surface area (Å²) in [6.07, 6.45) is 1.64. The molecule has 0 aromatic carbocycles. The maximum Gasteiger partial charge on any atom is 0.287 e. The van der Waals surface area contributed by atoms with Crippen molar-refractivity contribution in [2.45, 2.75) is 6.92 Å². The van der Waals surface area contributed by atoms with E-state index in [0.29, 0.717) is 16.0 Å². The first-order valence-electron chi connectivity index (χ1n) is 5.05. The third kappa shape index (κ3) is 2.82. The van der Waals surface area contributed by atoms with Gasteiger partial charge in [-0.15, -0.1) is 10.2 Å². The second-order valence-corrected chi connectivity index (χ2v) is 5.27. The molecule has 1 amide bonds. The quantitative estimate of drug-likeness (QED) is 0.904. The van der Waals surface area contributed by atoms with Crippen molar-refractivity contribution in [3.8, 4) is 0 Å². The Balaban J connectivity index is 2.13. The van der Waals surface area contributed by atoms with E-state index in [1.807, 2.05) is 6.92 Å². The van der Waals surface area contributed by atoms with Gasteiger partial charge in [0.1, 0.15) is 5.82 Å². The predicted molar refractivity (Wildman–Crippen MR) is 74.1 cm³/mol. The highest BCUT2D eigenvalue weighted by molar-refractivity contribution is 9.10. The van der Waals surface area contributed by atoms with E-state index in [2.05, 4.69) is 41.7 Å². The topological polar surface area (TPSA) is 79.8 Å². The number of rotatable bonds is 3. The van der Waals surface area contributed by atoms with Crippen LogP contribution in [0.1, 0.15) is 15.4 Å². The summed E-state index contributed by atoms with van der Waals surface area (Å²) in [6.45, 7) is 1.92. The molecule has 2 heterocycles. The smallest absolute Gasteiger partial charge is 0.287 e. The van der Waals surface area contributed by atoms with Gasteiger partial charge in [-0.25, -0.2) is 4.98 Å². The summed E-state index contributed by atoms with van der Waals surface area (Å²) >= 11 is 4.53. The van der Waals surface area contributed by atoms with Crippen LogP contribution in [0.15, 0.2) is 16.7 Å². The zero-order valence-electron chi connectivity index (χ0n) is 9.69. The van der Waals surface area contributed by atoms with E-state index in [1.165, 1.54) is 11.3 Å². The van der Waals surface area contributed by atoms with Crippen molar-refractivity contribution in [3.05, 3.63) is 27.3 Å². The van der Waals surface area contributed by atoms with Crippen LogP contribution in [0.25, 0.3) is 0 Å². The van der Waals surface area contributed by atoms with Crippen molar-refractivity contribution in [1.29, 1.82) is 0 Å². The number of anilines is 2. The minimum atomic E-state index is -0.316. The lowest BCUT2D eigenvalue weighted by molar-refractivity contribution is 0.102. The lowest BCUT2D eigenvalue weighted by Crippen LogP contribution is -2.12. The largest absolute Gasteiger partial charge is 0.363 e. The van der Waals surface area contributed by atoms with Gasteiger partial charge < -0.3 is 10.6 Å². The lowest BCUT2D eigenvalue weighted by atomic mass is 10.3. The molecule has 2 N–H and O–H groups in total. The molecule has 0 saturated carbocycles. The summed E-state index contributed by atoms with van der Waals surface area (Å²) in [5, 5.41) is 14.0. The maximum absolute atomic E-state index is 11.9. The predicted octanol–water partition coefficient (Wildman–Crippen LogP) is 2.30. The van der Waals surface area contributed by atoms with Crippen molar-refractivity contribution < 1.29 is 4.79 Å². The summed E-state index contributed by atoms with van der Waals surface area (Å²) in [6, 6.07) is 1.78. The Morgan fingerprint density at radius 3 is 2.83 bits per heavy atom. The highest BCUT2D eigenvalue weighted by atomic mass is 79.9. The average Bonchev–Trinajstić information content (AvgIpc) is 2.82. The number of halogens is 1. The van der Waals surface area contributed by atoms with Crippen molar-refractivity contribution in [3.63, 3.8) is 0 Å². The van der Waals surface area contributed by atoms with Gasteiger partial charge in [-0.3, -0.25) is 4.79 Å². The summed E-state index contributed by atoms with van der Waals surface area (Å²) < 4.78 is 0.897. The third-order valence-electron chi connectivity index (χ3n) is 2.12. The number of aryl methyl sites for hydroxylation is 1. The zero-order chi connectivity index (χ0) is 13.1. The first kappa shape index (κ1) is 12.9. The minimum Gasteiger partial charge on any atom is -0.363 e. The van der Waals surface area contributed by atoms with E-state index >= 15 is 0 Å². The Morgan fingerprint density at radius 1 is 1.44 bits per heavy atom. The molecule has 0 radical (unpaired) electrons. The van der Waals surface area contributed by atoms with Crippen LogP contribution in [-0.4, -0.2) is 28.1 Å². The van der Waals surface area contributed by atoms with E-state index in [4.69, 9.17) is 0 Å². The Bertz CT molecular complexity index is 585. The second-order valence-electron chi connectivity index (χ2n) is 3.44. The molecule has 2 aromatic rings. The molecule has 0 aliphatic rings. The highest BCUT2D eigenvalue weighted by Crippen LogP contribution is 2.19. The Morgan fingerprint density at radius 2 is 2.22 bits per heavy atom. The number of carbonyl (C=O) groups is 1. The van der Waals surface area contributed by atoms with Crippen LogP contribution in [-0.2, 0) is 0 Å². The van der Waals surface area contributed by atoms with Gasteiger partial charge in [0.25, 0.3) is 5.91 Å². The average molecular weight is 328 g/mol. The van der Waals surface area contributed by atoms with Crippen LogP contribution in [0.5, 0.6) is 0 Å². The van der Waals surface area contributed by atoms with Gasteiger partial charge in [0.15, 0.2) is 0 Å². The third-order valence-corrected chi connectivity index (χ3v) is 3.89. The van der Waals surface area contributed by atoms with E-state index in [0.717, 1.165) is 10.0 Å². The van der Waals surface area contributed by atoms with Gasteiger partial charge in [0.05, 0.1) is 0 Å². The summed E-state index contributed by atoms with van der Waals surface area (Å²) in [5.74, 6) is 0.171. The fraction of sp³-hybridized carbons (Fsp3) is 0.200. The van der Waals surface area contributed by atoms with Crippen molar-refractivity contribution in [2.24, 2.45) is 0 Å². The molecule has 94 valence electrons. The SMILES string of the molecule is CNc1nnc(C(=O)Nc2cc(C)c(Br)cn2)s1. The molecule has 0 bridgehead atoms. The molecule has 0 fully saturated rings. The number of aromatic nitrogens is 3. The summed E-state index contributed by atoms with van der Waals surface area (Å²) in [7, 11) is 1.72. The Labute approximate surface area is 116 Å². The van der Waals surface area contributed by atoms with Crippen LogP contribution in [0.3, 0.4) is 0 Å². The number of hydrogen-bond acceptors (Lipinski definition) is 6. The molecule has 8 heteroatoms. The molecule has 0 saturated heterocycles. The molecule has 2 aromatic heterocycles. The molecule has 0 spiro atoms. The van der Waals surface area contributed by atoms with E-state index < -0.39 is 0 Å². The van der Waals surface area contributed by atoms with Gasteiger partial charge in [0.2, 0.25) is 10.1 Å². The molecule has 18 heavy (non-hydrogen) atoms. The number of amides is 1. The first-order chi connectivity index (χ1) is 8.60. The molecule has 2 rings (SSSR count). The van der Waals surface area contributed by atoms with Gasteiger partial charge >= 0.3 is 0 Å². The van der Waals surface area contributed by atoms with Gasteiger partial charge in [-0.1, -0.05) is 11.3 Å². The van der Waals surface area contributed by atoms with E-state index in [-0.39, 0.29) is 5.91 Å². The normalized spacial score (nSPS) is 10.2. The molecule has 0 unspecified atom stereocenters. The highest BCUT2D eigenvalue weighted by Gasteiger charge is 2.13. The van der Waals surface area contributed by atoms with Crippen LogP contribution >= 0.6 is 27.3 Å². The van der Waals surface area contributed by atoms with Crippen LogP contribution < -0.4 is 10.6 Å². The standard InChI is InChI=1S/C10H10BrN5OS/c1-5-3-7(13-4-6(5)11)14-8(17)9-15-16-10(12-2)18-9/h3-4H,1-2H3,(H,12,16)(H,13,14,17). The number of carbonyl (C=O) groups excluding carboxylic acids is 1.